The van der Waals surface area contributed by atoms with Gasteiger partial charge in [-0.25, -0.2) is 0 Å². The van der Waals surface area contributed by atoms with Crippen LogP contribution in [-0.4, -0.2) is 30.9 Å². The highest BCUT2D eigenvalue weighted by Crippen LogP contribution is 2.02. The zero-order valence-electron chi connectivity index (χ0n) is 7.76. The molecule has 0 aliphatic carbocycles. The fourth-order valence-corrected chi connectivity index (χ4v) is 0.645. The van der Waals surface area contributed by atoms with Crippen LogP contribution in [-0.2, 0) is 0 Å². The van der Waals surface area contributed by atoms with E-state index in [1.807, 2.05) is 13.8 Å². The number of nitrogens with one attached hydrogen (secondary N) is 1. The monoisotopic (exact) mass is 162 g/mol. The first-order chi connectivity index (χ1) is 4.90. The maximum absolute atomic E-state index is 11.5. The van der Waals surface area contributed by atoms with Crippen molar-refractivity contribution in [2.24, 2.45) is 0 Å². The third-order valence-electron chi connectivity index (χ3n) is 1.98. The molecule has 0 amide bonds. The molecule has 1 N–H and O–H groups in total. The van der Waals surface area contributed by atoms with Gasteiger partial charge in [-0.1, -0.05) is 0 Å². The van der Waals surface area contributed by atoms with Crippen molar-refractivity contribution in [1.29, 1.82) is 0 Å². The molecule has 11 heavy (non-hydrogen) atoms. The molecule has 0 aliphatic heterocycles. The lowest BCUT2D eigenvalue weighted by Crippen LogP contribution is -3.09. The molecule has 0 saturated heterocycles. The lowest BCUT2D eigenvalue weighted by molar-refractivity contribution is -1.05. The van der Waals surface area contributed by atoms with Crippen molar-refractivity contribution in [3.63, 3.8) is 0 Å². The summed E-state index contributed by atoms with van der Waals surface area (Å²) in [6.45, 7) is 6.01. The van der Waals surface area contributed by atoms with Crippen LogP contribution in [0.25, 0.3) is 0 Å². The molecule has 0 aromatic rings. The molecule has 0 spiro atoms. The van der Waals surface area contributed by atoms with Crippen LogP contribution in [0.2, 0.25) is 0 Å². The Balaban J connectivity index is 3.90. The van der Waals surface area contributed by atoms with Crippen LogP contribution in [0.5, 0.6) is 0 Å². The summed E-state index contributed by atoms with van der Waals surface area (Å²) in [6, 6.07) is -0.0366. The number of hydroxylamine groups is 5. The Morgan fingerprint density at radius 3 is 2.18 bits per heavy atom. The standard InChI is InChI=1S/C7H18N2O2/c1-5-8(10)6-9(4,11)7(2)3/h7-8H,5-6H2,1-4H3. The van der Waals surface area contributed by atoms with E-state index in [2.05, 4.69) is 0 Å². The van der Waals surface area contributed by atoms with Gasteiger partial charge in [0.05, 0.1) is 19.6 Å². The van der Waals surface area contributed by atoms with E-state index in [0.717, 1.165) is 0 Å². The van der Waals surface area contributed by atoms with Crippen LogP contribution < -0.4 is 5.06 Å². The molecule has 4 nitrogen and oxygen atoms in total. The Morgan fingerprint density at radius 2 is 1.91 bits per heavy atom. The molecule has 0 radical (unpaired) electrons. The fourth-order valence-electron chi connectivity index (χ4n) is 0.645. The van der Waals surface area contributed by atoms with Gasteiger partial charge in [-0.05, 0) is 20.8 Å². The predicted molar refractivity (Wildman–Crippen MR) is 44.4 cm³/mol. The van der Waals surface area contributed by atoms with E-state index in [9.17, 15) is 10.4 Å². The molecule has 0 bridgehead atoms. The molecule has 0 rings (SSSR count). The van der Waals surface area contributed by atoms with Gasteiger partial charge >= 0.3 is 0 Å². The second-order valence-electron chi connectivity index (χ2n) is 3.32. The molecule has 2 atom stereocenters. The molecule has 0 aliphatic rings. The quantitative estimate of drug-likeness (QED) is 0.350. The third kappa shape index (κ3) is 3.67. The number of quaternary nitrogens is 2. The lowest BCUT2D eigenvalue weighted by Gasteiger charge is -2.44. The highest BCUT2D eigenvalue weighted by Gasteiger charge is 2.17. The summed E-state index contributed by atoms with van der Waals surface area (Å²) >= 11 is 0. The van der Waals surface area contributed by atoms with E-state index in [0.29, 0.717) is 6.54 Å². The van der Waals surface area contributed by atoms with Crippen LogP contribution in [0.15, 0.2) is 0 Å². The van der Waals surface area contributed by atoms with Gasteiger partial charge in [0.2, 0.25) is 6.67 Å². The van der Waals surface area contributed by atoms with Crippen LogP contribution in [0.1, 0.15) is 20.8 Å². The van der Waals surface area contributed by atoms with Gasteiger partial charge in [0, 0.05) is 0 Å². The van der Waals surface area contributed by atoms with Gasteiger partial charge in [0.1, 0.15) is 0 Å². The van der Waals surface area contributed by atoms with Gasteiger partial charge < -0.3 is 20.1 Å². The molecule has 2 unspecified atom stereocenters. The highest BCUT2D eigenvalue weighted by atomic mass is 16.6. The van der Waals surface area contributed by atoms with Gasteiger partial charge in [0.25, 0.3) is 0 Å². The normalized spacial score (nSPS) is 19.9. The van der Waals surface area contributed by atoms with Crippen molar-refractivity contribution in [3.8, 4) is 0 Å². The highest BCUT2D eigenvalue weighted by molar-refractivity contribution is 4.39. The minimum absolute atomic E-state index is 0.0366. The average molecular weight is 162 g/mol. The first-order valence-corrected chi connectivity index (χ1v) is 3.98. The minimum Gasteiger partial charge on any atom is -0.630 e. The number of rotatable bonds is 4. The summed E-state index contributed by atoms with van der Waals surface area (Å²) in [5.41, 5.74) is 0. The van der Waals surface area contributed by atoms with Crippen LogP contribution >= 0.6 is 0 Å². The van der Waals surface area contributed by atoms with Crippen LogP contribution in [0.4, 0.5) is 0 Å². The zero-order chi connectivity index (χ0) is 9.07. The Kier molecular flexibility index (Phi) is 3.96. The largest absolute Gasteiger partial charge is 0.630 e. The maximum atomic E-state index is 11.5. The second-order valence-corrected chi connectivity index (χ2v) is 3.32. The average Bonchev–Trinajstić information content (AvgIpc) is 1.86. The van der Waals surface area contributed by atoms with Crippen LogP contribution in [0, 0.1) is 10.4 Å². The van der Waals surface area contributed by atoms with Crippen molar-refractivity contribution < 1.29 is 9.71 Å². The minimum atomic E-state index is -0.452. The Bertz CT molecular complexity index is 115. The molecule has 68 valence electrons. The van der Waals surface area contributed by atoms with Crippen molar-refractivity contribution in [2.75, 3.05) is 20.3 Å². The van der Waals surface area contributed by atoms with Gasteiger partial charge in [-0.3, -0.25) is 0 Å². The first kappa shape index (κ1) is 10.8. The summed E-state index contributed by atoms with van der Waals surface area (Å²) in [6.07, 6.45) is 0. The maximum Gasteiger partial charge on any atom is 0.205 e. The predicted octanol–water partition coefficient (Wildman–Crippen LogP) is -0.301. The van der Waals surface area contributed by atoms with Gasteiger partial charge in [-0.15, -0.1) is 0 Å². The van der Waals surface area contributed by atoms with Crippen molar-refractivity contribution >= 4 is 0 Å². The van der Waals surface area contributed by atoms with E-state index in [1.54, 1.807) is 6.92 Å². The molecule has 4 heteroatoms. The van der Waals surface area contributed by atoms with E-state index < -0.39 is 4.65 Å². The molecule has 0 saturated carbocycles. The van der Waals surface area contributed by atoms with Crippen molar-refractivity contribution in [1.82, 2.24) is 0 Å². The van der Waals surface area contributed by atoms with E-state index in [1.165, 1.54) is 7.05 Å². The van der Waals surface area contributed by atoms with Gasteiger partial charge in [-0.2, -0.15) is 0 Å². The molecule has 0 heterocycles. The summed E-state index contributed by atoms with van der Waals surface area (Å²) < 4.78 is -0.452. The number of hydrogen-bond acceptors (Lipinski definition) is 2. The summed E-state index contributed by atoms with van der Waals surface area (Å²) in [7, 11) is 1.54. The zero-order valence-corrected chi connectivity index (χ0v) is 7.76. The SMILES string of the molecule is CC[NH+]([O-])C[N+](C)([O-])C(C)C. The molecule has 0 fully saturated rings. The van der Waals surface area contributed by atoms with E-state index in [-0.39, 0.29) is 17.8 Å². The second kappa shape index (κ2) is 4.01. The Morgan fingerprint density at radius 1 is 1.45 bits per heavy atom. The Hall–Kier alpha value is -0.160. The molecule has 0 aromatic heterocycles. The smallest absolute Gasteiger partial charge is 0.205 e. The lowest BCUT2D eigenvalue weighted by atomic mass is 10.3. The summed E-state index contributed by atoms with van der Waals surface area (Å²) in [5.74, 6) is 0. The van der Waals surface area contributed by atoms with E-state index in [4.69, 9.17) is 0 Å². The summed E-state index contributed by atoms with van der Waals surface area (Å²) in [5, 5.41) is 22.4. The molecular formula is C7H18N2O2. The Labute approximate surface area is 68.2 Å². The first-order valence-electron chi connectivity index (χ1n) is 3.98. The molecule has 0 aromatic carbocycles. The topological polar surface area (TPSA) is 50.6 Å². The van der Waals surface area contributed by atoms with Crippen molar-refractivity contribution in [2.45, 2.75) is 26.8 Å². The summed E-state index contributed by atoms with van der Waals surface area (Å²) in [4.78, 5) is 0. The van der Waals surface area contributed by atoms with Crippen molar-refractivity contribution in [3.05, 3.63) is 10.4 Å². The number of hydrogen-bond donors (Lipinski definition) is 1. The molecular weight excluding hydrogens is 144 g/mol. The van der Waals surface area contributed by atoms with Crippen LogP contribution in [0.3, 0.4) is 0 Å². The number of nitrogens with zero attached hydrogens (tertiary/aromatic N) is 1. The third-order valence-corrected chi connectivity index (χ3v) is 1.98. The van der Waals surface area contributed by atoms with Gasteiger partial charge in [0.15, 0.2) is 0 Å². The van der Waals surface area contributed by atoms with E-state index >= 15 is 0 Å². The fraction of sp³-hybridized carbons (Fsp3) is 1.00.